The highest BCUT2D eigenvalue weighted by Gasteiger charge is 2.31. The number of hydrogen-bond donors (Lipinski definition) is 5. The van der Waals surface area contributed by atoms with Gasteiger partial charge in [-0.15, -0.1) is 0 Å². The number of ketones is 3. The van der Waals surface area contributed by atoms with Crippen LogP contribution in [0.2, 0.25) is 0 Å². The van der Waals surface area contributed by atoms with E-state index in [1.54, 1.807) is 0 Å². The Hall–Kier alpha value is -3.76. The first-order valence-corrected chi connectivity index (χ1v) is 53.3. The van der Waals surface area contributed by atoms with Gasteiger partial charge < -0.3 is 36.2 Å². The SMILES string of the molecule is CCCCCCCCCCCCCC(=O)CCN(CCCCC(CC(=O)C(CCCCN(CCC(=O)NCCCCCCCCCCCC)CCC(=O)NCCCCCCCCCCCC)N(CCC(=O)NCCCCCCCCCCCC)CCC(=O)NCCCCCCCCCCCC)C(=O)O)CCC(=O)CCCCCCCCCCCCC. The van der Waals surface area contributed by atoms with Gasteiger partial charge >= 0.3 is 5.97 Å². The number of Topliss-reactive ketones (excluding diaryl/α,β-unsaturated/α-hetero) is 3. The van der Waals surface area contributed by atoms with Gasteiger partial charge in [-0.05, 0) is 77.3 Å². The number of carboxylic acid groups (broad SMARTS) is 1. The van der Waals surface area contributed by atoms with Gasteiger partial charge in [-0.2, -0.15) is 0 Å². The lowest BCUT2D eigenvalue weighted by atomic mass is 9.91. The molecule has 0 aromatic rings. The van der Waals surface area contributed by atoms with Crippen molar-refractivity contribution in [2.75, 3.05) is 78.5 Å². The lowest BCUT2D eigenvalue weighted by Gasteiger charge is -2.32. The summed E-state index contributed by atoms with van der Waals surface area (Å²) >= 11 is 0. The zero-order valence-electron chi connectivity index (χ0n) is 81.1. The van der Waals surface area contributed by atoms with Crippen molar-refractivity contribution in [1.82, 2.24) is 36.0 Å². The van der Waals surface area contributed by atoms with E-state index in [9.17, 15) is 38.7 Å². The number of unbranched alkanes of at least 4 members (excludes halogenated alkanes) is 58. The Bertz CT molecular complexity index is 2200. The van der Waals surface area contributed by atoms with Crippen LogP contribution < -0.4 is 21.3 Å². The van der Waals surface area contributed by atoms with Crippen LogP contribution in [0.4, 0.5) is 0 Å². The second-order valence-electron chi connectivity index (χ2n) is 37.2. The van der Waals surface area contributed by atoms with Crippen molar-refractivity contribution in [3.05, 3.63) is 0 Å². The second-order valence-corrected chi connectivity index (χ2v) is 37.2. The van der Waals surface area contributed by atoms with Gasteiger partial charge in [-0.1, -0.05) is 414 Å². The standard InChI is InChI=1S/C105H203N7O9/c1-7-13-19-25-31-37-43-45-51-57-63-74-97(113)77-89-110(90-78-98(114)75-64-58-52-46-44-38-32-26-20-14-8-2)87-71-65-73-96(105(120)121)95-100(115)99(112(93-81-103(118)108-85-69-61-55-49-41-35-29-23-17-11-5)94-82-104(119)109-86-70-62-56-50-42-36-30-24-18-12-6)76-66-72-88-111(91-79-101(116)106-83-67-59-53-47-39-33-27-21-15-9-3)92-80-102(117)107-84-68-60-54-48-40-34-28-22-16-10-4/h96,99H,7-95H2,1-6H3,(H,106,116)(H,107,117)(H,108,118)(H,109,119)(H,120,121). The quantitative estimate of drug-likeness (QED) is 0.0360. The van der Waals surface area contributed by atoms with E-state index in [-0.39, 0.29) is 79.8 Å². The normalized spacial score (nSPS) is 12.1. The predicted octanol–water partition coefficient (Wildman–Crippen LogP) is 27.3. The summed E-state index contributed by atoms with van der Waals surface area (Å²) in [6.07, 6.45) is 81.4. The summed E-state index contributed by atoms with van der Waals surface area (Å²) in [7, 11) is 0. The fourth-order valence-electron chi connectivity index (χ4n) is 17.2. The Kier molecular flexibility index (Phi) is 91.0. The number of hydrogen-bond acceptors (Lipinski definition) is 11. The van der Waals surface area contributed by atoms with E-state index < -0.39 is 17.9 Å². The van der Waals surface area contributed by atoms with Crippen LogP contribution in [0, 0.1) is 5.92 Å². The molecular formula is C105H203N7O9. The molecular weight excluding hydrogens is 1500 g/mol. The predicted molar refractivity (Wildman–Crippen MR) is 516 cm³/mol. The molecule has 2 unspecified atom stereocenters. The molecule has 0 spiro atoms. The van der Waals surface area contributed by atoms with E-state index in [1.807, 2.05) is 4.90 Å². The second kappa shape index (κ2) is 93.9. The lowest BCUT2D eigenvalue weighted by molar-refractivity contribution is -0.144. The number of carbonyl (C=O) groups is 8. The zero-order valence-corrected chi connectivity index (χ0v) is 81.1. The average Bonchev–Trinajstić information content (AvgIpc) is 0.861. The highest BCUT2D eigenvalue weighted by Crippen LogP contribution is 2.24. The van der Waals surface area contributed by atoms with E-state index in [0.717, 1.165) is 89.9 Å². The molecule has 16 nitrogen and oxygen atoms in total. The fraction of sp³-hybridized carbons (Fsp3) is 0.924. The van der Waals surface area contributed by atoms with Gasteiger partial charge in [0.15, 0.2) is 5.78 Å². The van der Waals surface area contributed by atoms with Crippen molar-refractivity contribution in [3.63, 3.8) is 0 Å². The Morgan fingerprint density at radius 1 is 0.223 bits per heavy atom. The summed E-state index contributed by atoms with van der Waals surface area (Å²) < 4.78 is 0. The summed E-state index contributed by atoms with van der Waals surface area (Å²) in [6, 6.07) is -0.756. The smallest absolute Gasteiger partial charge is 0.306 e. The molecule has 0 aliphatic heterocycles. The van der Waals surface area contributed by atoms with Gasteiger partial charge in [0.25, 0.3) is 0 Å². The van der Waals surface area contributed by atoms with Crippen LogP contribution in [0.5, 0.6) is 0 Å². The summed E-state index contributed by atoms with van der Waals surface area (Å²) in [6.45, 7) is 19.8. The molecule has 0 heterocycles. The van der Waals surface area contributed by atoms with Crippen molar-refractivity contribution in [2.45, 2.75) is 542 Å². The minimum atomic E-state index is -1.02. The Morgan fingerprint density at radius 3 is 0.686 bits per heavy atom. The zero-order chi connectivity index (χ0) is 88.3. The highest BCUT2D eigenvalue weighted by molar-refractivity contribution is 5.88. The molecule has 121 heavy (non-hydrogen) atoms. The monoisotopic (exact) mass is 1710 g/mol. The van der Waals surface area contributed by atoms with Crippen LogP contribution in [0.1, 0.15) is 536 Å². The first-order valence-electron chi connectivity index (χ1n) is 53.3. The average molecular weight is 1710 g/mol. The third-order valence-electron chi connectivity index (χ3n) is 25.6. The van der Waals surface area contributed by atoms with Crippen LogP contribution in [-0.2, 0) is 38.4 Å². The molecule has 0 aromatic carbocycles. The third-order valence-corrected chi connectivity index (χ3v) is 25.6. The van der Waals surface area contributed by atoms with E-state index in [4.69, 9.17) is 0 Å². The highest BCUT2D eigenvalue weighted by atomic mass is 16.4. The number of rotatable bonds is 101. The first kappa shape index (κ1) is 117. The number of nitrogens with zero attached hydrogens (tertiary/aromatic N) is 3. The van der Waals surface area contributed by atoms with Crippen LogP contribution in [-0.4, -0.2) is 151 Å². The molecule has 0 bridgehead atoms. The molecule has 0 fully saturated rings. The molecule has 16 heteroatoms. The molecule has 5 N–H and O–H groups in total. The van der Waals surface area contributed by atoms with Gasteiger partial charge in [-0.25, -0.2) is 0 Å². The topological polar surface area (TPSA) is 215 Å². The van der Waals surface area contributed by atoms with Gasteiger partial charge in [0.1, 0.15) is 11.6 Å². The number of carboxylic acids is 1. The maximum absolute atomic E-state index is 15.4. The molecule has 4 amide bonds. The number of carbonyl (C=O) groups excluding carboxylic acids is 7. The minimum Gasteiger partial charge on any atom is -0.481 e. The van der Waals surface area contributed by atoms with Gasteiger partial charge in [-0.3, -0.25) is 43.3 Å². The maximum atomic E-state index is 15.4. The maximum Gasteiger partial charge on any atom is 0.306 e. The third kappa shape index (κ3) is 84.2. The first-order chi connectivity index (χ1) is 59.2. The number of aliphatic carboxylic acids is 1. The molecule has 0 rings (SSSR count). The van der Waals surface area contributed by atoms with Crippen molar-refractivity contribution < 1.29 is 43.5 Å². The van der Waals surface area contributed by atoms with E-state index >= 15 is 4.79 Å². The van der Waals surface area contributed by atoms with E-state index in [0.29, 0.717) is 136 Å². The van der Waals surface area contributed by atoms with Crippen molar-refractivity contribution >= 4 is 46.9 Å². The Morgan fingerprint density at radius 2 is 0.438 bits per heavy atom. The van der Waals surface area contributed by atoms with Crippen LogP contribution in [0.15, 0.2) is 0 Å². The van der Waals surface area contributed by atoms with E-state index in [1.165, 1.54) is 308 Å². The molecule has 0 aliphatic rings. The van der Waals surface area contributed by atoms with Gasteiger partial charge in [0, 0.05) is 123 Å². The van der Waals surface area contributed by atoms with E-state index in [2.05, 4.69) is 72.6 Å². The van der Waals surface area contributed by atoms with Crippen molar-refractivity contribution in [3.8, 4) is 0 Å². The van der Waals surface area contributed by atoms with Crippen molar-refractivity contribution in [1.29, 1.82) is 0 Å². The minimum absolute atomic E-state index is 0.00596. The van der Waals surface area contributed by atoms with Crippen LogP contribution in [0.25, 0.3) is 0 Å². The summed E-state index contributed by atoms with van der Waals surface area (Å²) in [5.74, 6) is -1.85. The Labute approximate surface area is 748 Å². The molecule has 0 aliphatic carbocycles. The summed E-state index contributed by atoms with van der Waals surface area (Å²) in [5, 5.41) is 23.8. The molecule has 0 aromatic heterocycles. The molecule has 0 saturated heterocycles. The van der Waals surface area contributed by atoms with Gasteiger partial charge in [0.05, 0.1) is 12.0 Å². The summed E-state index contributed by atoms with van der Waals surface area (Å²) in [5.41, 5.74) is 0. The number of amides is 4. The van der Waals surface area contributed by atoms with Gasteiger partial charge in [0.2, 0.25) is 23.6 Å². The van der Waals surface area contributed by atoms with Crippen LogP contribution >= 0.6 is 0 Å². The van der Waals surface area contributed by atoms with Crippen molar-refractivity contribution in [2.24, 2.45) is 5.92 Å². The fourth-order valence-corrected chi connectivity index (χ4v) is 17.2. The molecule has 2 atom stereocenters. The van der Waals surface area contributed by atoms with Crippen LogP contribution in [0.3, 0.4) is 0 Å². The Balaban J connectivity index is 6.90. The summed E-state index contributed by atoms with van der Waals surface area (Å²) in [4.78, 5) is 117. The molecule has 712 valence electrons. The molecule has 0 saturated carbocycles. The molecule has 0 radical (unpaired) electrons. The largest absolute Gasteiger partial charge is 0.481 e. The number of nitrogens with one attached hydrogen (secondary N) is 4. The lowest BCUT2D eigenvalue weighted by Crippen LogP contribution is -2.45.